The first-order chi connectivity index (χ1) is 13.0. The Morgan fingerprint density at radius 2 is 2.00 bits per heavy atom. The van der Waals surface area contributed by atoms with Crippen molar-refractivity contribution in [2.45, 2.75) is 52.0 Å². The quantitative estimate of drug-likeness (QED) is 0.646. The predicted octanol–water partition coefficient (Wildman–Crippen LogP) is 4.34. The number of ether oxygens (including phenoxy) is 1. The summed E-state index contributed by atoms with van der Waals surface area (Å²) < 4.78 is 9.29. The third-order valence-electron chi connectivity index (χ3n) is 6.34. The number of aryl methyl sites for hydroxylation is 1. The highest BCUT2D eigenvalue weighted by atomic mass is 16.5. The van der Waals surface area contributed by atoms with Crippen molar-refractivity contribution in [1.29, 1.82) is 0 Å². The van der Waals surface area contributed by atoms with Crippen molar-refractivity contribution in [3.63, 3.8) is 0 Å². The molecule has 1 unspecified atom stereocenters. The lowest BCUT2D eigenvalue weighted by atomic mass is 9.95. The lowest BCUT2D eigenvalue weighted by molar-refractivity contribution is -0.0884. The van der Waals surface area contributed by atoms with E-state index in [0.717, 1.165) is 26.1 Å². The average molecular weight is 361 g/mol. The lowest BCUT2D eigenvalue weighted by Gasteiger charge is -2.33. The fourth-order valence-corrected chi connectivity index (χ4v) is 5.04. The number of likely N-dealkylation sites (N-methyl/N-ethyl adjacent to an activating group) is 1. The van der Waals surface area contributed by atoms with Crippen LogP contribution in [0.15, 0.2) is 36.7 Å². The summed E-state index contributed by atoms with van der Waals surface area (Å²) in [7, 11) is 2.22. The van der Waals surface area contributed by atoms with Crippen LogP contribution in [0.4, 0.5) is 0 Å². The van der Waals surface area contributed by atoms with E-state index in [2.05, 4.69) is 66.5 Å². The summed E-state index contributed by atoms with van der Waals surface area (Å²) in [6.45, 7) is 9.61. The molecule has 27 heavy (non-hydrogen) atoms. The van der Waals surface area contributed by atoms with E-state index < -0.39 is 0 Å². The maximum Gasteiger partial charge on any atom is 0.109 e. The summed E-state index contributed by atoms with van der Waals surface area (Å²) in [6.07, 6.45) is 4.87. The highest BCUT2D eigenvalue weighted by Gasteiger charge is 2.37. The van der Waals surface area contributed by atoms with Crippen LogP contribution in [0.25, 0.3) is 10.9 Å². The molecule has 0 fully saturated rings. The average Bonchev–Trinajstić information content (AvgIpc) is 2.87. The highest BCUT2D eigenvalue weighted by molar-refractivity contribution is 5.90. The molecule has 0 saturated carbocycles. The van der Waals surface area contributed by atoms with Gasteiger partial charge in [0.25, 0.3) is 0 Å². The van der Waals surface area contributed by atoms with Gasteiger partial charge in [-0.3, -0.25) is 4.98 Å². The molecule has 2 aliphatic rings. The largest absolute Gasteiger partial charge is 0.361 e. The summed E-state index contributed by atoms with van der Waals surface area (Å²) in [5, 5.41) is 1.42. The van der Waals surface area contributed by atoms with Crippen LogP contribution >= 0.6 is 0 Å². The highest BCUT2D eigenvalue weighted by Crippen LogP contribution is 2.44. The molecule has 2 atom stereocenters. The van der Waals surface area contributed by atoms with Gasteiger partial charge in [0.15, 0.2) is 0 Å². The van der Waals surface area contributed by atoms with E-state index in [0.29, 0.717) is 0 Å². The molecule has 140 valence electrons. The number of benzene rings is 1. The van der Waals surface area contributed by atoms with Crippen molar-refractivity contribution in [3.8, 4) is 0 Å². The molecule has 0 amide bonds. The van der Waals surface area contributed by atoms with Crippen LogP contribution in [0.1, 0.15) is 47.9 Å². The van der Waals surface area contributed by atoms with Crippen molar-refractivity contribution in [2.24, 2.45) is 0 Å². The maximum absolute atomic E-state index is 6.72. The van der Waals surface area contributed by atoms with Crippen LogP contribution in [0.2, 0.25) is 0 Å². The third-order valence-corrected chi connectivity index (χ3v) is 6.34. The Hall–Kier alpha value is -2.17. The number of nitrogens with zero attached hydrogens (tertiary/aromatic N) is 3. The molecule has 4 heteroatoms. The summed E-state index contributed by atoms with van der Waals surface area (Å²) in [4.78, 5) is 6.64. The van der Waals surface area contributed by atoms with Crippen molar-refractivity contribution in [1.82, 2.24) is 14.5 Å². The second-order valence-corrected chi connectivity index (χ2v) is 8.48. The number of pyridine rings is 1. The van der Waals surface area contributed by atoms with E-state index in [-0.39, 0.29) is 11.7 Å². The molecule has 4 heterocycles. The van der Waals surface area contributed by atoms with Crippen molar-refractivity contribution in [3.05, 3.63) is 64.6 Å². The van der Waals surface area contributed by atoms with Gasteiger partial charge in [0.2, 0.25) is 0 Å². The molecule has 0 bridgehead atoms. The SMILES string of the molecule is Cc1cc2c3c(c1)c1c(n3CC(C)(c3ccncc3)O[C@H]2C)CCN(C)C1. The van der Waals surface area contributed by atoms with E-state index in [4.69, 9.17) is 4.74 Å². The Morgan fingerprint density at radius 1 is 1.22 bits per heavy atom. The van der Waals surface area contributed by atoms with Crippen LogP contribution in [0.3, 0.4) is 0 Å². The van der Waals surface area contributed by atoms with Gasteiger partial charge < -0.3 is 14.2 Å². The Labute approximate surface area is 160 Å². The minimum atomic E-state index is -0.377. The molecule has 1 aromatic carbocycles. The summed E-state index contributed by atoms with van der Waals surface area (Å²) in [6, 6.07) is 8.87. The minimum absolute atomic E-state index is 0.0425. The number of hydrogen-bond acceptors (Lipinski definition) is 3. The Balaban J connectivity index is 1.78. The third kappa shape index (κ3) is 2.54. The van der Waals surface area contributed by atoms with Gasteiger partial charge >= 0.3 is 0 Å². The summed E-state index contributed by atoms with van der Waals surface area (Å²) in [5.74, 6) is 0. The van der Waals surface area contributed by atoms with Crippen LogP contribution < -0.4 is 0 Å². The topological polar surface area (TPSA) is 30.3 Å². The Morgan fingerprint density at radius 3 is 2.78 bits per heavy atom. The van der Waals surface area contributed by atoms with Gasteiger partial charge in [0.05, 0.1) is 18.2 Å². The summed E-state index contributed by atoms with van der Waals surface area (Å²) in [5.41, 5.74) is 7.83. The molecule has 2 aliphatic heterocycles. The zero-order valence-electron chi connectivity index (χ0n) is 16.6. The van der Waals surface area contributed by atoms with E-state index in [1.54, 1.807) is 0 Å². The normalized spacial score (nSPS) is 25.4. The Bertz CT molecular complexity index is 1020. The number of hydrogen-bond donors (Lipinski definition) is 0. The fourth-order valence-electron chi connectivity index (χ4n) is 5.04. The molecule has 3 aromatic rings. The second-order valence-electron chi connectivity index (χ2n) is 8.48. The molecule has 0 saturated heterocycles. The molecule has 0 N–H and O–H groups in total. The zero-order chi connectivity index (χ0) is 18.8. The zero-order valence-corrected chi connectivity index (χ0v) is 16.6. The molecule has 2 aromatic heterocycles. The first kappa shape index (κ1) is 17.0. The molecular formula is C23H27N3O. The molecule has 0 spiro atoms. The molecule has 0 aliphatic carbocycles. The van der Waals surface area contributed by atoms with Gasteiger partial charge in [-0.05, 0) is 57.1 Å². The first-order valence-corrected chi connectivity index (χ1v) is 9.87. The van der Waals surface area contributed by atoms with Gasteiger partial charge in [-0.1, -0.05) is 11.6 Å². The predicted molar refractivity (Wildman–Crippen MR) is 108 cm³/mol. The second kappa shape index (κ2) is 5.91. The van der Waals surface area contributed by atoms with Gasteiger partial charge in [-0.2, -0.15) is 0 Å². The summed E-state index contributed by atoms with van der Waals surface area (Å²) >= 11 is 0. The fraction of sp³-hybridized carbons (Fsp3) is 0.435. The Kier molecular flexibility index (Phi) is 3.72. The van der Waals surface area contributed by atoms with Crippen LogP contribution in [0.5, 0.6) is 0 Å². The van der Waals surface area contributed by atoms with E-state index in [1.807, 2.05) is 12.4 Å². The number of fused-ring (bicyclic) bond motifs is 3. The molecular weight excluding hydrogens is 334 g/mol. The van der Waals surface area contributed by atoms with Gasteiger partial charge in [0, 0.05) is 48.5 Å². The lowest BCUT2D eigenvalue weighted by Crippen LogP contribution is -2.33. The van der Waals surface area contributed by atoms with Gasteiger partial charge in [-0.15, -0.1) is 0 Å². The van der Waals surface area contributed by atoms with Crippen molar-refractivity contribution in [2.75, 3.05) is 13.6 Å². The minimum Gasteiger partial charge on any atom is -0.361 e. The number of rotatable bonds is 1. The van der Waals surface area contributed by atoms with E-state index in [9.17, 15) is 0 Å². The maximum atomic E-state index is 6.72. The smallest absolute Gasteiger partial charge is 0.109 e. The number of aromatic nitrogens is 2. The van der Waals surface area contributed by atoms with Gasteiger partial charge in [-0.25, -0.2) is 0 Å². The van der Waals surface area contributed by atoms with Crippen LogP contribution in [-0.4, -0.2) is 28.0 Å². The van der Waals surface area contributed by atoms with E-state index in [1.165, 1.54) is 38.9 Å². The first-order valence-electron chi connectivity index (χ1n) is 9.87. The monoisotopic (exact) mass is 361 g/mol. The van der Waals surface area contributed by atoms with Crippen LogP contribution in [-0.2, 0) is 29.8 Å². The standard InChI is InChI=1S/C23H27N3O/c1-15-11-18-16(2)27-23(3,17-5-8-24-9-6-17)14-26-21-7-10-25(4)13-20(21)19(12-15)22(18)26/h5-6,8-9,11-12,16H,7,10,13-14H2,1-4H3/t16-,23?/m0/s1. The van der Waals surface area contributed by atoms with Gasteiger partial charge in [0.1, 0.15) is 5.60 Å². The van der Waals surface area contributed by atoms with Crippen molar-refractivity contribution < 1.29 is 4.74 Å². The molecule has 0 radical (unpaired) electrons. The molecule has 4 nitrogen and oxygen atoms in total. The molecule has 5 rings (SSSR count). The van der Waals surface area contributed by atoms with Crippen molar-refractivity contribution >= 4 is 10.9 Å². The van der Waals surface area contributed by atoms with Crippen LogP contribution in [0, 0.1) is 6.92 Å². The van der Waals surface area contributed by atoms with E-state index >= 15 is 0 Å².